The van der Waals surface area contributed by atoms with Gasteiger partial charge in [0.2, 0.25) is 0 Å². The molecule has 116 valence electrons. The molecule has 1 fully saturated rings. The van der Waals surface area contributed by atoms with Crippen molar-refractivity contribution in [2.75, 3.05) is 26.2 Å². The average molecular weight is 285 g/mol. The van der Waals surface area contributed by atoms with Crippen LogP contribution in [0.15, 0.2) is 0 Å². The first-order valence-corrected chi connectivity index (χ1v) is 7.26. The van der Waals surface area contributed by atoms with Gasteiger partial charge in [-0.05, 0) is 33.6 Å². The van der Waals surface area contributed by atoms with Crippen molar-refractivity contribution in [2.45, 2.75) is 52.2 Å². The summed E-state index contributed by atoms with van der Waals surface area (Å²) in [6, 6.07) is -0.640. The van der Waals surface area contributed by atoms with Crippen molar-refractivity contribution in [3.05, 3.63) is 0 Å². The Morgan fingerprint density at radius 1 is 1.20 bits per heavy atom. The van der Waals surface area contributed by atoms with Crippen molar-refractivity contribution in [1.82, 2.24) is 9.80 Å². The Morgan fingerprint density at radius 2 is 1.85 bits per heavy atom. The number of urea groups is 1. The lowest BCUT2D eigenvalue weighted by molar-refractivity contribution is -0.161. The fraction of sp³-hybridized carbons (Fsp3) is 0.857. The Bertz CT molecular complexity index is 352. The van der Waals surface area contributed by atoms with E-state index in [1.165, 1.54) is 0 Å². The van der Waals surface area contributed by atoms with Crippen LogP contribution in [0.1, 0.15) is 40.5 Å². The number of carbonyl (C=O) groups is 2. The zero-order chi connectivity index (χ0) is 15.3. The minimum atomic E-state index is -0.477. The van der Waals surface area contributed by atoms with Gasteiger partial charge in [-0.1, -0.05) is 6.92 Å². The van der Waals surface area contributed by atoms with Gasteiger partial charge in [-0.3, -0.25) is 9.69 Å². The molecule has 20 heavy (non-hydrogen) atoms. The van der Waals surface area contributed by atoms with Crippen LogP contribution in [0, 0.1) is 0 Å². The predicted octanol–water partition coefficient (Wildman–Crippen LogP) is 1.19. The van der Waals surface area contributed by atoms with Crippen LogP contribution >= 0.6 is 0 Å². The normalized spacial score (nSPS) is 19.3. The van der Waals surface area contributed by atoms with Crippen LogP contribution in [0.5, 0.6) is 0 Å². The lowest BCUT2D eigenvalue weighted by atomic mass is 10.1. The van der Waals surface area contributed by atoms with Gasteiger partial charge in [0.15, 0.2) is 0 Å². The summed E-state index contributed by atoms with van der Waals surface area (Å²) in [6.45, 7) is 10.2. The van der Waals surface area contributed by atoms with Crippen molar-refractivity contribution >= 4 is 12.0 Å². The summed E-state index contributed by atoms with van der Waals surface area (Å²) >= 11 is 0. The molecule has 1 heterocycles. The highest BCUT2D eigenvalue weighted by Gasteiger charge is 2.30. The van der Waals surface area contributed by atoms with Gasteiger partial charge >= 0.3 is 12.0 Å². The molecule has 0 spiro atoms. The molecule has 1 saturated heterocycles. The van der Waals surface area contributed by atoms with E-state index in [9.17, 15) is 9.59 Å². The monoisotopic (exact) mass is 285 g/mol. The number of hydrogen-bond donors (Lipinski definition) is 1. The number of primary amides is 1. The topological polar surface area (TPSA) is 75.9 Å². The van der Waals surface area contributed by atoms with Gasteiger partial charge in [0.05, 0.1) is 0 Å². The third-order valence-electron chi connectivity index (χ3n) is 3.35. The zero-order valence-electron chi connectivity index (χ0n) is 13.0. The third-order valence-corrected chi connectivity index (χ3v) is 3.35. The van der Waals surface area contributed by atoms with Crippen molar-refractivity contribution < 1.29 is 14.3 Å². The zero-order valence-corrected chi connectivity index (χ0v) is 13.0. The molecular formula is C14H27N3O3. The summed E-state index contributed by atoms with van der Waals surface area (Å²) < 4.78 is 5.47. The molecule has 0 radical (unpaired) electrons. The van der Waals surface area contributed by atoms with E-state index in [0.717, 1.165) is 13.0 Å². The van der Waals surface area contributed by atoms with E-state index in [1.807, 2.05) is 27.7 Å². The summed E-state index contributed by atoms with van der Waals surface area (Å²) in [7, 11) is 0. The van der Waals surface area contributed by atoms with Gasteiger partial charge in [0, 0.05) is 26.2 Å². The van der Waals surface area contributed by atoms with E-state index >= 15 is 0 Å². The molecule has 0 bridgehead atoms. The molecule has 0 aromatic heterocycles. The third kappa shape index (κ3) is 5.00. The summed E-state index contributed by atoms with van der Waals surface area (Å²) in [6.07, 6.45) is 1.52. The molecule has 2 N–H and O–H groups in total. The molecule has 1 rings (SSSR count). The fourth-order valence-corrected chi connectivity index (χ4v) is 2.41. The molecule has 2 amide bonds. The average Bonchev–Trinajstić information content (AvgIpc) is 2.53. The van der Waals surface area contributed by atoms with E-state index in [1.54, 1.807) is 4.90 Å². The van der Waals surface area contributed by atoms with E-state index in [4.69, 9.17) is 10.5 Å². The SMILES string of the molecule is CC[C@H](C(=O)OC(C)(C)C)N1CCCN(C(N)=O)CC1. The maximum absolute atomic E-state index is 12.2. The standard InChI is InChI=1S/C14H27N3O3/c1-5-11(12(18)20-14(2,3)4)16-7-6-8-17(10-9-16)13(15)19/h11H,5-10H2,1-4H3,(H2,15,19)/t11-/m1/s1. The minimum Gasteiger partial charge on any atom is -0.459 e. The lowest BCUT2D eigenvalue weighted by Crippen LogP contribution is -2.46. The highest BCUT2D eigenvalue weighted by Crippen LogP contribution is 2.15. The maximum Gasteiger partial charge on any atom is 0.323 e. The van der Waals surface area contributed by atoms with Crippen molar-refractivity contribution in [3.63, 3.8) is 0 Å². The van der Waals surface area contributed by atoms with Crippen LogP contribution in [0.25, 0.3) is 0 Å². The molecular weight excluding hydrogens is 258 g/mol. The molecule has 1 aliphatic heterocycles. The number of esters is 1. The van der Waals surface area contributed by atoms with Gasteiger partial charge in [-0.15, -0.1) is 0 Å². The smallest absolute Gasteiger partial charge is 0.323 e. The van der Waals surface area contributed by atoms with E-state index in [-0.39, 0.29) is 12.0 Å². The summed E-state index contributed by atoms with van der Waals surface area (Å²) in [4.78, 5) is 27.2. The summed E-state index contributed by atoms with van der Waals surface area (Å²) in [5, 5.41) is 0. The Kier molecular flexibility index (Phi) is 5.80. The highest BCUT2D eigenvalue weighted by atomic mass is 16.6. The number of amides is 2. The summed E-state index contributed by atoms with van der Waals surface area (Å²) in [5.41, 5.74) is 4.83. The van der Waals surface area contributed by atoms with Crippen LogP contribution < -0.4 is 5.73 Å². The maximum atomic E-state index is 12.2. The molecule has 0 saturated carbocycles. The number of nitrogens with zero attached hydrogens (tertiary/aromatic N) is 2. The minimum absolute atomic E-state index is 0.187. The fourth-order valence-electron chi connectivity index (χ4n) is 2.41. The van der Waals surface area contributed by atoms with Crippen LogP contribution in [0.3, 0.4) is 0 Å². The number of hydrogen-bond acceptors (Lipinski definition) is 4. The van der Waals surface area contributed by atoms with Gasteiger partial charge in [0.25, 0.3) is 0 Å². The van der Waals surface area contributed by atoms with E-state index in [2.05, 4.69) is 4.90 Å². The van der Waals surface area contributed by atoms with Gasteiger partial charge in [-0.25, -0.2) is 4.79 Å². The van der Waals surface area contributed by atoms with Gasteiger partial charge in [0.1, 0.15) is 11.6 Å². The van der Waals surface area contributed by atoms with Crippen LogP contribution in [0.4, 0.5) is 4.79 Å². The first-order chi connectivity index (χ1) is 9.24. The molecule has 0 aromatic carbocycles. The number of carbonyl (C=O) groups excluding carboxylic acids is 2. The number of rotatable bonds is 3. The van der Waals surface area contributed by atoms with Crippen LogP contribution in [0.2, 0.25) is 0 Å². The summed E-state index contributed by atoms with van der Waals surface area (Å²) in [5.74, 6) is -0.187. The van der Waals surface area contributed by atoms with Crippen molar-refractivity contribution in [2.24, 2.45) is 5.73 Å². The van der Waals surface area contributed by atoms with E-state index < -0.39 is 11.6 Å². The van der Waals surface area contributed by atoms with Crippen LogP contribution in [-0.4, -0.2) is 59.6 Å². The molecule has 6 heteroatoms. The molecule has 0 aromatic rings. The molecule has 6 nitrogen and oxygen atoms in total. The molecule has 1 aliphatic rings. The quantitative estimate of drug-likeness (QED) is 0.790. The second kappa shape index (κ2) is 6.92. The predicted molar refractivity (Wildman–Crippen MR) is 77.3 cm³/mol. The van der Waals surface area contributed by atoms with Crippen molar-refractivity contribution in [1.29, 1.82) is 0 Å². The molecule has 0 unspecified atom stereocenters. The Labute approximate surface area is 121 Å². The molecule has 1 atom stereocenters. The Balaban J connectivity index is 2.65. The second-order valence-electron chi connectivity index (χ2n) is 6.17. The van der Waals surface area contributed by atoms with E-state index in [0.29, 0.717) is 26.1 Å². The van der Waals surface area contributed by atoms with Gasteiger partial charge < -0.3 is 15.4 Å². The Morgan fingerprint density at radius 3 is 2.35 bits per heavy atom. The first-order valence-electron chi connectivity index (χ1n) is 7.26. The second-order valence-corrected chi connectivity index (χ2v) is 6.17. The largest absolute Gasteiger partial charge is 0.459 e. The Hall–Kier alpha value is -1.30. The van der Waals surface area contributed by atoms with Gasteiger partial charge in [-0.2, -0.15) is 0 Å². The van der Waals surface area contributed by atoms with Crippen LogP contribution in [-0.2, 0) is 9.53 Å². The number of nitrogens with two attached hydrogens (primary N) is 1. The first kappa shape index (κ1) is 16.8. The number of ether oxygens (including phenoxy) is 1. The highest BCUT2D eigenvalue weighted by molar-refractivity contribution is 5.76. The lowest BCUT2D eigenvalue weighted by Gasteiger charge is -2.31. The molecule has 0 aliphatic carbocycles. The van der Waals surface area contributed by atoms with Crippen molar-refractivity contribution in [3.8, 4) is 0 Å².